The summed E-state index contributed by atoms with van der Waals surface area (Å²) >= 11 is 0. The van der Waals surface area contributed by atoms with Crippen LogP contribution in [0.3, 0.4) is 0 Å². The molecule has 60 heavy (non-hydrogen) atoms. The first-order valence-electron chi connectivity index (χ1n) is 21.6. The molecule has 1 unspecified atom stereocenters. The van der Waals surface area contributed by atoms with Crippen LogP contribution in [0.15, 0.2) is 29.4 Å². The largest absolute Gasteiger partial charge is 0.481 e. The van der Waals surface area contributed by atoms with Crippen molar-refractivity contribution in [1.29, 1.82) is 0 Å². The van der Waals surface area contributed by atoms with E-state index >= 15 is 0 Å². The topological polar surface area (TPSA) is 239 Å². The van der Waals surface area contributed by atoms with Crippen molar-refractivity contribution in [3.8, 4) is 0 Å². The summed E-state index contributed by atoms with van der Waals surface area (Å²) in [6, 6.07) is 3.47. The van der Waals surface area contributed by atoms with Crippen LogP contribution in [0, 0.1) is 56.5 Å². The average molecular weight is 842 g/mol. The van der Waals surface area contributed by atoms with Crippen molar-refractivity contribution in [2.24, 2.45) is 51.5 Å². The van der Waals surface area contributed by atoms with E-state index in [0.717, 1.165) is 38.5 Å². The summed E-state index contributed by atoms with van der Waals surface area (Å²) in [5.74, 6) is 0.232. The number of fused-ring (bicyclic) bond motifs is 5. The van der Waals surface area contributed by atoms with Crippen LogP contribution in [0.25, 0.3) is 10.4 Å². The van der Waals surface area contributed by atoms with Crippen LogP contribution in [0.5, 0.6) is 0 Å². The minimum Gasteiger partial charge on any atom is -0.481 e. The van der Waals surface area contributed by atoms with Gasteiger partial charge in [0.05, 0.1) is 51.0 Å². The Labute approximate surface area is 351 Å². The van der Waals surface area contributed by atoms with Gasteiger partial charge in [-0.25, -0.2) is 4.79 Å². The van der Waals surface area contributed by atoms with E-state index in [1.165, 1.54) is 37.1 Å². The van der Waals surface area contributed by atoms with Gasteiger partial charge in [0.2, 0.25) is 0 Å². The number of nitro benzene ring substituents is 1. The van der Waals surface area contributed by atoms with E-state index in [-0.39, 0.29) is 40.8 Å². The maximum absolute atomic E-state index is 13.4. The number of rotatable bonds is 23. The van der Waals surface area contributed by atoms with Gasteiger partial charge < -0.3 is 34.1 Å². The molecule has 4 saturated carbocycles. The van der Waals surface area contributed by atoms with Crippen molar-refractivity contribution in [2.45, 2.75) is 110 Å². The first-order chi connectivity index (χ1) is 28.8. The summed E-state index contributed by atoms with van der Waals surface area (Å²) in [6.45, 7) is 10.0. The maximum Gasteiger partial charge on any atom is 0.329 e. The lowest BCUT2D eigenvalue weighted by Crippen LogP contribution is -2.54. The molecule has 4 aliphatic rings. The molecule has 4 aliphatic carbocycles. The van der Waals surface area contributed by atoms with Gasteiger partial charge in [0.15, 0.2) is 0 Å². The standard InChI is InChI=1S/C43H63N5O12/c1-28(4-13-39(51)59-25-24-58-23-22-57-21-20-56-19-18-45-47-44)34-11-12-35-33-10-7-30-26-32(14-16-42(30,2)36(33)15-17-43(34,35)3)60-41(53)37(27-38(49)50)46-40(52)29-5-8-31(9-6-29)48(54)55/h5-6,8-9,28,30,32-37H,4,7,10-27H2,1-3H3,(H,46,52)(H,49,50)/t28-,30-,32-,33+,34?,35+,36+,37+,42+,43-/m1/s1. The summed E-state index contributed by atoms with van der Waals surface area (Å²) in [5, 5.41) is 26.4. The number of carbonyl (C=O) groups excluding carboxylic acids is 3. The number of hydrogen-bond donors (Lipinski definition) is 2. The van der Waals surface area contributed by atoms with E-state index in [1.54, 1.807) is 0 Å². The fourth-order valence-corrected chi connectivity index (χ4v) is 11.4. The van der Waals surface area contributed by atoms with Crippen molar-refractivity contribution < 1.29 is 52.9 Å². The molecule has 1 amide bonds. The van der Waals surface area contributed by atoms with Gasteiger partial charge in [-0.1, -0.05) is 25.9 Å². The lowest BCUT2D eigenvalue weighted by atomic mass is 9.44. The number of esters is 2. The highest BCUT2D eigenvalue weighted by Crippen LogP contribution is 2.68. The third-order valence-corrected chi connectivity index (χ3v) is 14.4. The summed E-state index contributed by atoms with van der Waals surface area (Å²) in [6.07, 6.45) is 9.36. The maximum atomic E-state index is 13.4. The summed E-state index contributed by atoms with van der Waals surface area (Å²) in [5.41, 5.74) is 8.46. The second-order valence-corrected chi connectivity index (χ2v) is 17.7. The molecule has 0 aromatic heterocycles. The van der Waals surface area contributed by atoms with Gasteiger partial charge in [-0.15, -0.1) is 0 Å². The van der Waals surface area contributed by atoms with Gasteiger partial charge in [0.25, 0.3) is 11.6 Å². The predicted octanol–water partition coefficient (Wildman–Crippen LogP) is 7.06. The van der Waals surface area contributed by atoms with Gasteiger partial charge in [-0.3, -0.25) is 24.5 Å². The minimum absolute atomic E-state index is 0.0686. The molecule has 1 aromatic carbocycles. The van der Waals surface area contributed by atoms with Crippen molar-refractivity contribution in [3.63, 3.8) is 0 Å². The fraction of sp³-hybridized carbons (Fsp3) is 0.767. The molecule has 0 radical (unpaired) electrons. The molecule has 0 saturated heterocycles. The molecule has 332 valence electrons. The van der Waals surface area contributed by atoms with Crippen molar-refractivity contribution in [1.82, 2.24) is 5.32 Å². The highest BCUT2D eigenvalue weighted by molar-refractivity contribution is 5.97. The first-order valence-corrected chi connectivity index (χ1v) is 21.6. The summed E-state index contributed by atoms with van der Waals surface area (Å²) in [4.78, 5) is 63.6. The molecular formula is C43H63N5O12. The van der Waals surface area contributed by atoms with Gasteiger partial charge in [0, 0.05) is 35.6 Å². The van der Waals surface area contributed by atoms with E-state index in [4.69, 9.17) is 29.2 Å². The number of benzene rings is 1. The Kier molecular flexibility index (Phi) is 17.1. The van der Waals surface area contributed by atoms with Crippen LogP contribution in [-0.4, -0.2) is 98.8 Å². The van der Waals surface area contributed by atoms with E-state index in [2.05, 4.69) is 36.1 Å². The number of hydrogen-bond acceptors (Lipinski definition) is 12. The van der Waals surface area contributed by atoms with Gasteiger partial charge >= 0.3 is 17.9 Å². The lowest BCUT2D eigenvalue weighted by molar-refractivity contribution is -0.384. The molecule has 4 fully saturated rings. The zero-order valence-corrected chi connectivity index (χ0v) is 35.3. The molecule has 1 aromatic rings. The lowest BCUT2D eigenvalue weighted by Gasteiger charge is -2.61. The molecular weight excluding hydrogens is 778 g/mol. The zero-order chi connectivity index (χ0) is 43.3. The van der Waals surface area contributed by atoms with Gasteiger partial charge in [-0.05, 0) is 128 Å². The smallest absolute Gasteiger partial charge is 0.329 e. The van der Waals surface area contributed by atoms with Crippen LogP contribution < -0.4 is 5.32 Å². The van der Waals surface area contributed by atoms with Crippen LogP contribution in [-0.2, 0) is 38.1 Å². The predicted molar refractivity (Wildman–Crippen MR) is 218 cm³/mol. The van der Waals surface area contributed by atoms with E-state index in [1.807, 2.05) is 0 Å². The average Bonchev–Trinajstić information content (AvgIpc) is 3.58. The monoisotopic (exact) mass is 841 g/mol. The van der Waals surface area contributed by atoms with Crippen LogP contribution in [0.2, 0.25) is 0 Å². The quantitative estimate of drug-likeness (QED) is 0.0214. The van der Waals surface area contributed by atoms with Crippen molar-refractivity contribution in [2.75, 3.05) is 52.8 Å². The van der Waals surface area contributed by atoms with Gasteiger partial charge in [0.1, 0.15) is 18.8 Å². The molecule has 17 heteroatoms. The number of carbonyl (C=O) groups is 4. The minimum atomic E-state index is -1.40. The van der Waals surface area contributed by atoms with E-state index in [9.17, 15) is 34.4 Å². The molecule has 17 nitrogen and oxygen atoms in total. The number of nitro groups is 1. The summed E-state index contributed by atoms with van der Waals surface area (Å²) in [7, 11) is 0. The summed E-state index contributed by atoms with van der Waals surface area (Å²) < 4.78 is 27.6. The second kappa shape index (κ2) is 22.0. The molecule has 0 heterocycles. The number of aliphatic carboxylic acids is 1. The number of nitrogens with zero attached hydrogens (tertiary/aromatic N) is 4. The second-order valence-electron chi connectivity index (χ2n) is 17.7. The van der Waals surface area contributed by atoms with Crippen LogP contribution >= 0.6 is 0 Å². The van der Waals surface area contributed by atoms with Gasteiger partial charge in [-0.2, -0.15) is 0 Å². The molecule has 0 spiro atoms. The van der Waals surface area contributed by atoms with E-state index in [0.29, 0.717) is 101 Å². The first kappa shape index (κ1) is 46.8. The normalized spacial score (nSPS) is 29.1. The molecule has 10 atom stereocenters. The van der Waals surface area contributed by atoms with Crippen LogP contribution in [0.1, 0.15) is 108 Å². The molecule has 0 aliphatic heterocycles. The number of carboxylic acid groups (broad SMARTS) is 1. The highest BCUT2D eigenvalue weighted by Gasteiger charge is 2.60. The Morgan fingerprint density at radius 1 is 0.917 bits per heavy atom. The number of nitrogens with one attached hydrogen (secondary N) is 1. The SMILES string of the molecule is C[C@H](CCC(=O)OCCOCCOCCOCCN=[N+]=[N-])C1CC[C@H]2[C@@H]3CC[C@@H]4C[C@H](OC(=O)[C@H](CC(=O)O)NC(=O)c5ccc([N+](=O)[O-])cc5)CC[C@]4(C)[C@H]3CC[C@]12C. The third kappa shape index (κ3) is 11.9. The molecule has 5 rings (SSSR count). The zero-order valence-electron chi connectivity index (χ0n) is 35.3. The Bertz CT molecular complexity index is 1690. The fourth-order valence-electron chi connectivity index (χ4n) is 11.4. The Morgan fingerprint density at radius 3 is 2.23 bits per heavy atom. The number of ether oxygens (including phenoxy) is 5. The van der Waals surface area contributed by atoms with Crippen LogP contribution in [0.4, 0.5) is 5.69 Å². The Morgan fingerprint density at radius 2 is 1.57 bits per heavy atom. The number of non-ortho nitro benzene ring substituents is 1. The Balaban J connectivity index is 1.03. The molecule has 2 N–H and O–H groups in total. The van der Waals surface area contributed by atoms with Crippen molar-refractivity contribution >= 4 is 29.5 Å². The third-order valence-electron chi connectivity index (χ3n) is 14.4. The number of carboxylic acids is 1. The number of azide groups is 1. The number of amides is 1. The van der Waals surface area contributed by atoms with E-state index < -0.39 is 35.2 Å². The van der Waals surface area contributed by atoms with Crippen molar-refractivity contribution in [3.05, 3.63) is 50.4 Å². The highest BCUT2D eigenvalue weighted by atomic mass is 16.6. The molecule has 0 bridgehead atoms. The Hall–Kier alpha value is -4.31.